The lowest BCUT2D eigenvalue weighted by Crippen LogP contribution is -2.23. The topological polar surface area (TPSA) is 99.6 Å². The number of aliphatic hydroxyl groups excluding tert-OH is 1. The average Bonchev–Trinajstić information content (AvgIpc) is 3.18. The molecule has 0 aromatic carbocycles. The first-order chi connectivity index (χ1) is 12.1. The molecule has 7 nitrogen and oxygen atoms in total. The Bertz CT molecular complexity index is 758. The van der Waals surface area contributed by atoms with Gasteiger partial charge in [0.2, 0.25) is 0 Å². The summed E-state index contributed by atoms with van der Waals surface area (Å²) in [4.78, 5) is 13.7. The highest BCUT2D eigenvalue weighted by Crippen LogP contribution is 2.37. The first-order valence-electron chi connectivity index (χ1n) is 9.27. The van der Waals surface area contributed by atoms with Crippen molar-refractivity contribution in [1.29, 1.82) is 0 Å². The fraction of sp³-hybridized carbons (Fsp3) is 0.667. The third-order valence-electron chi connectivity index (χ3n) is 5.46. The standard InChI is InChI=1S/C18H26N6O/c1-10-20-15-6-4-3-5-14(15)18(21-10)19-9-13-7-12(8-16(13)25)17-22-11(2)23-24-17/h12-13,16,25H,3-9H2,1-2H3,(H,19,20,21)(H,22,23,24)/t12?,13-,16-/m1/s1. The summed E-state index contributed by atoms with van der Waals surface area (Å²) in [5, 5.41) is 21.1. The zero-order valence-corrected chi connectivity index (χ0v) is 14.9. The van der Waals surface area contributed by atoms with Crippen LogP contribution in [0.2, 0.25) is 0 Å². The molecule has 4 rings (SSSR count). The van der Waals surface area contributed by atoms with Gasteiger partial charge in [0.15, 0.2) is 5.82 Å². The second-order valence-electron chi connectivity index (χ2n) is 7.41. The van der Waals surface area contributed by atoms with E-state index in [0.29, 0.717) is 0 Å². The molecule has 2 aliphatic carbocycles. The van der Waals surface area contributed by atoms with Gasteiger partial charge in [-0.05, 0) is 52.4 Å². The van der Waals surface area contributed by atoms with Crippen LogP contribution in [0.15, 0.2) is 0 Å². The average molecular weight is 342 g/mol. The van der Waals surface area contributed by atoms with E-state index in [9.17, 15) is 5.11 Å². The highest BCUT2D eigenvalue weighted by Gasteiger charge is 2.35. The molecule has 1 saturated carbocycles. The molecule has 25 heavy (non-hydrogen) atoms. The van der Waals surface area contributed by atoms with Crippen LogP contribution in [0.1, 0.15) is 60.3 Å². The summed E-state index contributed by atoms with van der Waals surface area (Å²) in [5.41, 5.74) is 2.47. The molecule has 1 fully saturated rings. The molecular weight excluding hydrogens is 316 g/mol. The lowest BCUT2D eigenvalue weighted by molar-refractivity contribution is 0.137. The molecule has 0 aliphatic heterocycles. The number of fused-ring (bicyclic) bond motifs is 1. The predicted octanol–water partition coefficient (Wildman–Crippen LogP) is 2.06. The SMILES string of the molecule is Cc1nc2c(c(NC[C@H]3CC(c4n[nH]c(C)n4)C[C@H]3O)n1)CCCC2. The van der Waals surface area contributed by atoms with Gasteiger partial charge in [-0.2, -0.15) is 5.10 Å². The van der Waals surface area contributed by atoms with E-state index in [4.69, 9.17) is 0 Å². The molecule has 2 aromatic rings. The monoisotopic (exact) mass is 342 g/mol. The van der Waals surface area contributed by atoms with Crippen LogP contribution in [0.5, 0.6) is 0 Å². The van der Waals surface area contributed by atoms with Crippen LogP contribution in [-0.2, 0) is 12.8 Å². The summed E-state index contributed by atoms with van der Waals surface area (Å²) < 4.78 is 0. The number of anilines is 1. The Kier molecular flexibility index (Phi) is 4.41. The highest BCUT2D eigenvalue weighted by atomic mass is 16.3. The maximum absolute atomic E-state index is 10.5. The summed E-state index contributed by atoms with van der Waals surface area (Å²) in [6, 6.07) is 0. The molecular formula is C18H26N6O. The minimum atomic E-state index is -0.324. The van der Waals surface area contributed by atoms with Crippen molar-refractivity contribution >= 4 is 5.82 Å². The van der Waals surface area contributed by atoms with Gasteiger partial charge in [-0.1, -0.05) is 0 Å². The molecule has 2 aromatic heterocycles. The van der Waals surface area contributed by atoms with E-state index < -0.39 is 0 Å². The molecule has 0 spiro atoms. The van der Waals surface area contributed by atoms with Gasteiger partial charge in [0, 0.05) is 29.6 Å². The van der Waals surface area contributed by atoms with E-state index in [1.165, 1.54) is 24.1 Å². The Morgan fingerprint density at radius 3 is 2.76 bits per heavy atom. The molecule has 2 heterocycles. The molecule has 2 aliphatic rings. The van der Waals surface area contributed by atoms with Crippen LogP contribution in [0.3, 0.4) is 0 Å². The second kappa shape index (κ2) is 6.71. The Hall–Kier alpha value is -2.02. The number of aromatic nitrogens is 5. The van der Waals surface area contributed by atoms with Crippen molar-refractivity contribution < 1.29 is 5.11 Å². The molecule has 3 atom stereocenters. The van der Waals surface area contributed by atoms with E-state index in [1.807, 2.05) is 13.8 Å². The minimum absolute atomic E-state index is 0.193. The number of aliphatic hydroxyl groups is 1. The largest absolute Gasteiger partial charge is 0.393 e. The quantitative estimate of drug-likeness (QED) is 0.786. The first-order valence-corrected chi connectivity index (χ1v) is 9.27. The molecule has 0 saturated heterocycles. The number of hydrogen-bond acceptors (Lipinski definition) is 6. The Morgan fingerprint density at radius 1 is 1.12 bits per heavy atom. The second-order valence-corrected chi connectivity index (χ2v) is 7.41. The van der Waals surface area contributed by atoms with Crippen molar-refractivity contribution in [3.8, 4) is 0 Å². The van der Waals surface area contributed by atoms with Gasteiger partial charge in [0.05, 0.1) is 6.10 Å². The van der Waals surface area contributed by atoms with Crippen molar-refractivity contribution in [2.45, 2.75) is 64.4 Å². The maximum atomic E-state index is 10.5. The molecule has 1 unspecified atom stereocenters. The van der Waals surface area contributed by atoms with E-state index in [0.717, 1.165) is 55.5 Å². The van der Waals surface area contributed by atoms with Crippen LogP contribution in [0, 0.1) is 19.8 Å². The smallest absolute Gasteiger partial charge is 0.153 e. The van der Waals surface area contributed by atoms with Gasteiger partial charge < -0.3 is 10.4 Å². The Morgan fingerprint density at radius 2 is 1.96 bits per heavy atom. The van der Waals surface area contributed by atoms with Crippen molar-refractivity contribution in [2.75, 3.05) is 11.9 Å². The number of H-pyrrole nitrogens is 1. The fourth-order valence-electron chi connectivity index (χ4n) is 4.17. The van der Waals surface area contributed by atoms with Crippen molar-refractivity contribution in [2.24, 2.45) is 5.92 Å². The summed E-state index contributed by atoms with van der Waals surface area (Å²) in [6.07, 6.45) is 5.81. The van der Waals surface area contributed by atoms with Gasteiger partial charge in [-0.15, -0.1) is 0 Å². The van der Waals surface area contributed by atoms with Gasteiger partial charge in [0.1, 0.15) is 17.5 Å². The van der Waals surface area contributed by atoms with Crippen molar-refractivity contribution in [3.63, 3.8) is 0 Å². The Balaban J connectivity index is 1.44. The molecule has 0 amide bonds. The summed E-state index contributed by atoms with van der Waals surface area (Å²) in [7, 11) is 0. The van der Waals surface area contributed by atoms with Crippen LogP contribution < -0.4 is 5.32 Å². The lowest BCUT2D eigenvalue weighted by atomic mass is 9.96. The predicted molar refractivity (Wildman–Crippen MR) is 94.5 cm³/mol. The third kappa shape index (κ3) is 3.38. The van der Waals surface area contributed by atoms with E-state index in [1.54, 1.807) is 0 Å². The molecule has 3 N–H and O–H groups in total. The Labute approximate surface area is 147 Å². The number of hydrogen-bond donors (Lipinski definition) is 3. The lowest BCUT2D eigenvalue weighted by Gasteiger charge is -2.21. The number of nitrogens with one attached hydrogen (secondary N) is 2. The van der Waals surface area contributed by atoms with Gasteiger partial charge in [0.25, 0.3) is 0 Å². The highest BCUT2D eigenvalue weighted by molar-refractivity contribution is 5.48. The minimum Gasteiger partial charge on any atom is -0.393 e. The van der Waals surface area contributed by atoms with E-state index in [-0.39, 0.29) is 17.9 Å². The van der Waals surface area contributed by atoms with Crippen LogP contribution in [0.4, 0.5) is 5.82 Å². The summed E-state index contributed by atoms with van der Waals surface area (Å²) in [6.45, 7) is 4.58. The number of nitrogens with zero attached hydrogens (tertiary/aromatic N) is 4. The van der Waals surface area contributed by atoms with Gasteiger partial charge in [-0.3, -0.25) is 5.10 Å². The third-order valence-corrected chi connectivity index (χ3v) is 5.46. The normalized spacial score (nSPS) is 25.8. The number of aromatic amines is 1. The zero-order chi connectivity index (χ0) is 17.4. The van der Waals surface area contributed by atoms with Crippen molar-refractivity contribution in [3.05, 3.63) is 28.7 Å². The summed E-state index contributed by atoms with van der Waals surface area (Å²) in [5.74, 6) is 3.87. The van der Waals surface area contributed by atoms with E-state index >= 15 is 0 Å². The van der Waals surface area contributed by atoms with Crippen LogP contribution in [0.25, 0.3) is 0 Å². The number of aryl methyl sites for hydroxylation is 3. The molecule has 0 bridgehead atoms. The van der Waals surface area contributed by atoms with Gasteiger partial charge in [-0.25, -0.2) is 15.0 Å². The molecule has 7 heteroatoms. The van der Waals surface area contributed by atoms with Gasteiger partial charge >= 0.3 is 0 Å². The van der Waals surface area contributed by atoms with Crippen LogP contribution >= 0.6 is 0 Å². The molecule has 0 radical (unpaired) electrons. The first kappa shape index (κ1) is 16.4. The fourth-order valence-corrected chi connectivity index (χ4v) is 4.17. The maximum Gasteiger partial charge on any atom is 0.153 e. The summed E-state index contributed by atoms with van der Waals surface area (Å²) >= 11 is 0. The number of rotatable bonds is 4. The van der Waals surface area contributed by atoms with E-state index in [2.05, 4.69) is 30.5 Å². The zero-order valence-electron chi connectivity index (χ0n) is 14.9. The van der Waals surface area contributed by atoms with Crippen LogP contribution in [-0.4, -0.2) is 42.9 Å². The van der Waals surface area contributed by atoms with Crippen molar-refractivity contribution in [1.82, 2.24) is 25.1 Å². The molecule has 134 valence electrons.